The van der Waals surface area contributed by atoms with E-state index in [0.717, 1.165) is 38.9 Å². The molecular weight excluding hydrogens is 741 g/mol. The molecule has 0 fully saturated rings. The number of benzene rings is 8. The smallest absolute Gasteiger partial charge is 0.235 e. The summed E-state index contributed by atoms with van der Waals surface area (Å²) in [4.78, 5) is 10.7. The molecule has 4 nitrogen and oxygen atoms in total. The van der Waals surface area contributed by atoms with Gasteiger partial charge in [0.2, 0.25) is 5.95 Å². The number of rotatable bonds is 5. The van der Waals surface area contributed by atoms with Gasteiger partial charge in [-0.1, -0.05) is 162 Å². The van der Waals surface area contributed by atoms with Crippen molar-refractivity contribution < 1.29 is 0 Å². The number of unbranched alkanes of at least 4 members (excludes halogenated alkanes) is 1. The molecule has 0 N–H and O–H groups in total. The lowest BCUT2D eigenvalue weighted by Gasteiger charge is -2.21. The lowest BCUT2D eigenvalue weighted by Crippen LogP contribution is -2.15. The zero-order chi connectivity index (χ0) is 41.2. The molecule has 0 saturated carbocycles. The summed E-state index contributed by atoms with van der Waals surface area (Å²) in [6, 6.07) is 65.8. The maximum Gasteiger partial charge on any atom is 0.235 e. The lowest BCUT2D eigenvalue weighted by molar-refractivity contribution is 0.661. The number of para-hydroxylation sites is 3. The highest BCUT2D eigenvalue weighted by molar-refractivity contribution is 6.14. The van der Waals surface area contributed by atoms with E-state index in [9.17, 15) is 0 Å². The number of nitrogens with zero attached hydrogens (tertiary/aromatic N) is 4. The zero-order valence-electron chi connectivity index (χ0n) is 35.0. The molecule has 4 heteroatoms. The Bertz CT molecular complexity index is 3460. The van der Waals surface area contributed by atoms with Crippen molar-refractivity contribution in [1.82, 2.24) is 19.1 Å². The standard InChI is InChI=1S/C53H36N4.C4H10/c1-53(2)44-22-12-9-19-37(44)40-31-43-42-30-35(34-25-27-48-41(29-34)38-20-11-14-24-47(38)56(48)36-17-7-4-8-18-36)26-28-49(42)57(50(43)32-45(40)53)52-54-46-23-13-10-21-39(46)51(55-52)33-15-5-3-6-16-33;1-3-4-2/h3-32H,1-2H3;3-4H2,1-2H3. The molecule has 0 spiro atoms. The quantitative estimate of drug-likeness (QED) is 0.174. The summed E-state index contributed by atoms with van der Waals surface area (Å²) in [5.74, 6) is 0.670. The van der Waals surface area contributed by atoms with Gasteiger partial charge in [-0.25, -0.2) is 9.97 Å². The van der Waals surface area contributed by atoms with Gasteiger partial charge in [0.25, 0.3) is 0 Å². The maximum absolute atomic E-state index is 5.40. The van der Waals surface area contributed by atoms with Crippen LogP contribution in [0, 0.1) is 0 Å². The van der Waals surface area contributed by atoms with E-state index in [4.69, 9.17) is 9.97 Å². The van der Waals surface area contributed by atoms with Crippen molar-refractivity contribution in [3.05, 3.63) is 193 Å². The van der Waals surface area contributed by atoms with E-state index < -0.39 is 0 Å². The Morgan fingerprint density at radius 3 is 1.72 bits per heavy atom. The fourth-order valence-electron chi connectivity index (χ4n) is 9.60. The van der Waals surface area contributed by atoms with Gasteiger partial charge >= 0.3 is 0 Å². The summed E-state index contributed by atoms with van der Waals surface area (Å²) >= 11 is 0. The molecule has 3 heterocycles. The molecule has 0 unspecified atom stereocenters. The highest BCUT2D eigenvalue weighted by Crippen LogP contribution is 2.51. The van der Waals surface area contributed by atoms with Gasteiger partial charge in [-0.3, -0.25) is 4.57 Å². The van der Waals surface area contributed by atoms with E-state index in [0.29, 0.717) is 5.95 Å². The van der Waals surface area contributed by atoms with Gasteiger partial charge in [-0.15, -0.1) is 0 Å². The molecule has 3 aromatic heterocycles. The summed E-state index contributed by atoms with van der Waals surface area (Å²) in [6.07, 6.45) is 2.64. The molecule has 294 valence electrons. The zero-order valence-corrected chi connectivity index (χ0v) is 35.0. The van der Waals surface area contributed by atoms with E-state index in [1.165, 1.54) is 78.8 Å². The minimum Gasteiger partial charge on any atom is -0.309 e. The first-order valence-electron chi connectivity index (χ1n) is 21.6. The molecule has 0 aliphatic heterocycles. The van der Waals surface area contributed by atoms with E-state index in [1.54, 1.807) is 0 Å². The van der Waals surface area contributed by atoms with Gasteiger partial charge < -0.3 is 4.57 Å². The second-order valence-corrected chi connectivity index (χ2v) is 16.8. The number of fused-ring (bicyclic) bond motifs is 10. The van der Waals surface area contributed by atoms with Gasteiger partial charge in [-0.2, -0.15) is 0 Å². The van der Waals surface area contributed by atoms with Gasteiger partial charge in [0, 0.05) is 43.6 Å². The number of hydrogen-bond donors (Lipinski definition) is 0. The minimum absolute atomic E-state index is 0.152. The Morgan fingerprint density at radius 1 is 0.410 bits per heavy atom. The molecule has 0 bridgehead atoms. The van der Waals surface area contributed by atoms with Crippen LogP contribution < -0.4 is 0 Å². The van der Waals surface area contributed by atoms with Crippen molar-refractivity contribution in [2.24, 2.45) is 0 Å². The van der Waals surface area contributed by atoms with Crippen LogP contribution in [0.25, 0.3) is 99.7 Å². The number of aromatic nitrogens is 4. The van der Waals surface area contributed by atoms with Crippen LogP contribution in [-0.4, -0.2) is 19.1 Å². The Balaban J connectivity index is 0.00000101. The van der Waals surface area contributed by atoms with Crippen LogP contribution in [0.4, 0.5) is 0 Å². The van der Waals surface area contributed by atoms with E-state index >= 15 is 0 Å². The van der Waals surface area contributed by atoms with E-state index in [2.05, 4.69) is 219 Å². The average molecular weight is 787 g/mol. The van der Waals surface area contributed by atoms with E-state index in [-0.39, 0.29) is 5.41 Å². The third kappa shape index (κ3) is 5.81. The molecular formula is C57H46N4. The molecule has 8 aromatic carbocycles. The molecule has 0 amide bonds. The number of hydrogen-bond acceptors (Lipinski definition) is 2. The highest BCUT2D eigenvalue weighted by atomic mass is 15.2. The van der Waals surface area contributed by atoms with Gasteiger partial charge in [-0.05, 0) is 94.0 Å². The van der Waals surface area contributed by atoms with Crippen molar-refractivity contribution in [3.8, 4) is 45.1 Å². The minimum atomic E-state index is -0.152. The monoisotopic (exact) mass is 786 g/mol. The molecule has 0 saturated heterocycles. The third-order valence-electron chi connectivity index (χ3n) is 12.8. The highest BCUT2D eigenvalue weighted by Gasteiger charge is 2.36. The van der Waals surface area contributed by atoms with Crippen molar-refractivity contribution in [3.63, 3.8) is 0 Å². The summed E-state index contributed by atoms with van der Waals surface area (Å²) < 4.78 is 4.67. The first kappa shape index (κ1) is 36.8. The first-order valence-corrected chi connectivity index (χ1v) is 21.6. The largest absolute Gasteiger partial charge is 0.309 e. The lowest BCUT2D eigenvalue weighted by atomic mass is 9.82. The van der Waals surface area contributed by atoms with Crippen LogP contribution in [-0.2, 0) is 5.41 Å². The fraction of sp³-hybridized carbons (Fsp3) is 0.123. The fourth-order valence-corrected chi connectivity index (χ4v) is 9.60. The average Bonchev–Trinajstić information content (AvgIpc) is 3.90. The Labute approximate surface area is 356 Å². The second kappa shape index (κ2) is 14.5. The van der Waals surface area contributed by atoms with Gasteiger partial charge in [0.15, 0.2) is 0 Å². The normalized spacial score (nSPS) is 12.9. The summed E-state index contributed by atoms with van der Waals surface area (Å²) in [5, 5.41) is 5.90. The summed E-state index contributed by atoms with van der Waals surface area (Å²) in [5.41, 5.74) is 16.2. The van der Waals surface area contributed by atoms with Crippen molar-refractivity contribution in [1.29, 1.82) is 0 Å². The molecule has 1 aliphatic rings. The van der Waals surface area contributed by atoms with Gasteiger partial charge in [0.05, 0.1) is 33.3 Å². The predicted octanol–water partition coefficient (Wildman–Crippen LogP) is 15.3. The molecule has 12 rings (SSSR count). The van der Waals surface area contributed by atoms with Gasteiger partial charge in [0.1, 0.15) is 0 Å². The maximum atomic E-state index is 5.40. The molecule has 0 atom stereocenters. The third-order valence-corrected chi connectivity index (χ3v) is 12.8. The topological polar surface area (TPSA) is 35.6 Å². The van der Waals surface area contributed by atoms with Crippen LogP contribution >= 0.6 is 0 Å². The molecule has 1 aliphatic carbocycles. The van der Waals surface area contributed by atoms with E-state index in [1.807, 2.05) is 0 Å². The van der Waals surface area contributed by atoms with Crippen molar-refractivity contribution >= 4 is 54.5 Å². The Morgan fingerprint density at radius 2 is 0.984 bits per heavy atom. The Kier molecular flexibility index (Phi) is 8.71. The van der Waals surface area contributed by atoms with Crippen LogP contribution in [0.1, 0.15) is 51.7 Å². The SMILES string of the molecule is CC1(C)c2ccccc2-c2cc3c4cc(-c5ccc6c(c5)c5ccccc5n6-c5ccccc5)ccc4n(-c4nc(-c5ccccc5)c5ccccc5n4)c3cc21.CCCC. The first-order chi connectivity index (χ1) is 29.9. The van der Waals surface area contributed by atoms with Crippen molar-refractivity contribution in [2.75, 3.05) is 0 Å². The Hall–Kier alpha value is -7.30. The summed E-state index contributed by atoms with van der Waals surface area (Å²) in [6.45, 7) is 9.05. The molecule has 11 aromatic rings. The summed E-state index contributed by atoms with van der Waals surface area (Å²) in [7, 11) is 0. The van der Waals surface area contributed by atoms with Crippen LogP contribution in [0.3, 0.4) is 0 Å². The van der Waals surface area contributed by atoms with Crippen LogP contribution in [0.15, 0.2) is 182 Å². The molecule has 0 radical (unpaired) electrons. The predicted molar refractivity (Wildman–Crippen MR) is 257 cm³/mol. The molecule has 61 heavy (non-hydrogen) atoms. The van der Waals surface area contributed by atoms with Crippen molar-refractivity contribution in [2.45, 2.75) is 46.0 Å². The van der Waals surface area contributed by atoms with Crippen LogP contribution in [0.2, 0.25) is 0 Å². The van der Waals surface area contributed by atoms with Crippen LogP contribution in [0.5, 0.6) is 0 Å². The second-order valence-electron chi connectivity index (χ2n) is 16.8.